The molecule has 1 aliphatic rings. The van der Waals surface area contributed by atoms with Gasteiger partial charge >= 0.3 is 0 Å². The molecule has 1 aromatic heterocycles. The van der Waals surface area contributed by atoms with Gasteiger partial charge in [-0.3, -0.25) is 0 Å². The first-order valence-corrected chi connectivity index (χ1v) is 7.83. The monoisotopic (exact) mass is 272 g/mol. The van der Waals surface area contributed by atoms with Crippen LogP contribution >= 0.6 is 0 Å². The molecule has 6 heteroatoms. The van der Waals surface area contributed by atoms with Gasteiger partial charge in [-0.25, -0.2) is 13.1 Å². The Kier molecular flexibility index (Phi) is 4.09. The third kappa shape index (κ3) is 3.34. The van der Waals surface area contributed by atoms with Crippen LogP contribution in [-0.2, 0) is 16.6 Å². The predicted molar refractivity (Wildman–Crippen MR) is 68.6 cm³/mol. The minimum absolute atomic E-state index is 0.00917. The summed E-state index contributed by atoms with van der Waals surface area (Å²) in [6.07, 6.45) is 1.94. The van der Waals surface area contributed by atoms with E-state index in [2.05, 4.69) is 17.0 Å². The van der Waals surface area contributed by atoms with Crippen molar-refractivity contribution in [2.75, 3.05) is 6.54 Å². The summed E-state index contributed by atoms with van der Waals surface area (Å²) in [7, 11) is -3.48. The minimum atomic E-state index is -3.48. The Hall–Kier alpha value is -0.850. The number of nitrogens with one attached hydrogen (secondary N) is 2. The topological polar surface area (TPSA) is 71.3 Å². The third-order valence-electron chi connectivity index (χ3n) is 3.04. The molecule has 0 amide bonds. The average Bonchev–Trinajstić information content (AvgIpc) is 2.82. The Morgan fingerprint density at radius 2 is 2.17 bits per heavy atom. The second-order valence-electron chi connectivity index (χ2n) is 4.84. The van der Waals surface area contributed by atoms with Crippen molar-refractivity contribution in [2.45, 2.75) is 44.4 Å². The van der Waals surface area contributed by atoms with Gasteiger partial charge in [0.1, 0.15) is 5.76 Å². The van der Waals surface area contributed by atoms with Crippen LogP contribution < -0.4 is 10.0 Å². The summed E-state index contributed by atoms with van der Waals surface area (Å²) >= 11 is 0. The van der Waals surface area contributed by atoms with Crippen molar-refractivity contribution in [1.82, 2.24) is 10.0 Å². The van der Waals surface area contributed by atoms with Gasteiger partial charge < -0.3 is 9.73 Å². The summed E-state index contributed by atoms with van der Waals surface area (Å²) in [5.41, 5.74) is 0. The van der Waals surface area contributed by atoms with Crippen molar-refractivity contribution >= 4 is 10.0 Å². The first-order valence-electron chi connectivity index (χ1n) is 6.34. The van der Waals surface area contributed by atoms with E-state index in [0.29, 0.717) is 18.2 Å². The van der Waals surface area contributed by atoms with Crippen LogP contribution in [0.2, 0.25) is 0 Å². The smallest absolute Gasteiger partial charge is 0.274 e. The van der Waals surface area contributed by atoms with E-state index in [1.165, 1.54) is 6.07 Å². The van der Waals surface area contributed by atoms with Crippen molar-refractivity contribution < 1.29 is 12.8 Å². The van der Waals surface area contributed by atoms with Gasteiger partial charge in [0.2, 0.25) is 5.09 Å². The molecule has 0 bridgehead atoms. The van der Waals surface area contributed by atoms with Gasteiger partial charge in [0, 0.05) is 6.04 Å². The second kappa shape index (κ2) is 5.42. The van der Waals surface area contributed by atoms with E-state index in [1.807, 2.05) is 6.92 Å². The van der Waals surface area contributed by atoms with Crippen molar-refractivity contribution in [3.63, 3.8) is 0 Å². The lowest BCUT2D eigenvalue weighted by Crippen LogP contribution is -2.26. The molecular formula is C12H20N2O3S. The molecule has 2 atom stereocenters. The number of rotatable bonds is 7. The molecule has 1 aromatic rings. The van der Waals surface area contributed by atoms with Gasteiger partial charge in [0.25, 0.3) is 10.0 Å². The molecule has 1 fully saturated rings. The van der Waals surface area contributed by atoms with E-state index >= 15 is 0 Å². The van der Waals surface area contributed by atoms with Crippen LogP contribution in [0.25, 0.3) is 0 Å². The summed E-state index contributed by atoms with van der Waals surface area (Å²) in [6.45, 7) is 5.55. The summed E-state index contributed by atoms with van der Waals surface area (Å²) in [5.74, 6) is 1.08. The summed E-state index contributed by atoms with van der Waals surface area (Å²) in [5, 5.41) is 3.18. The van der Waals surface area contributed by atoms with Crippen molar-refractivity contribution in [1.29, 1.82) is 0 Å². The predicted octanol–water partition coefficient (Wildman–Crippen LogP) is 1.47. The van der Waals surface area contributed by atoms with Crippen LogP contribution in [0, 0.1) is 5.92 Å². The fourth-order valence-corrected chi connectivity index (χ4v) is 3.04. The number of hydrogen-bond acceptors (Lipinski definition) is 4. The zero-order valence-electron chi connectivity index (χ0n) is 10.8. The molecule has 1 aliphatic carbocycles. The van der Waals surface area contributed by atoms with Gasteiger partial charge in [0.15, 0.2) is 0 Å². The zero-order valence-corrected chi connectivity index (χ0v) is 11.6. The molecule has 0 radical (unpaired) electrons. The summed E-state index contributed by atoms with van der Waals surface area (Å²) in [4.78, 5) is 0. The minimum Gasteiger partial charge on any atom is -0.447 e. The number of furan rings is 1. The lowest BCUT2D eigenvalue weighted by Gasteiger charge is -2.02. The maximum absolute atomic E-state index is 11.9. The molecule has 2 rings (SSSR count). The van der Waals surface area contributed by atoms with Gasteiger partial charge in [-0.05, 0) is 37.4 Å². The first kappa shape index (κ1) is 13.6. The largest absolute Gasteiger partial charge is 0.447 e. The highest BCUT2D eigenvalue weighted by Gasteiger charge is 2.37. The van der Waals surface area contributed by atoms with E-state index in [-0.39, 0.29) is 11.1 Å². The fourth-order valence-electron chi connectivity index (χ4n) is 1.73. The van der Waals surface area contributed by atoms with E-state index < -0.39 is 10.0 Å². The average molecular weight is 272 g/mol. The maximum Gasteiger partial charge on any atom is 0.274 e. The molecule has 2 N–H and O–H groups in total. The Balaban J connectivity index is 1.95. The highest BCUT2D eigenvalue weighted by Crippen LogP contribution is 2.30. The fraction of sp³-hybridized carbons (Fsp3) is 0.667. The Bertz CT molecular complexity index is 495. The number of hydrogen-bond donors (Lipinski definition) is 2. The first-order chi connectivity index (χ1) is 8.53. The lowest BCUT2D eigenvalue weighted by atomic mass is 10.4. The van der Waals surface area contributed by atoms with E-state index in [4.69, 9.17) is 4.42 Å². The molecule has 1 heterocycles. The standard InChI is InChI=1S/C12H20N2O3S/c1-3-6-13-8-10-4-5-12(17-10)18(15,16)14-11-7-9(11)2/h4-5,9,11,13-14H,3,6-8H2,1-2H3. The molecule has 0 aromatic carbocycles. The lowest BCUT2D eigenvalue weighted by molar-refractivity contribution is 0.399. The Labute approximate surface area is 108 Å². The van der Waals surface area contributed by atoms with Crippen molar-refractivity contribution in [2.24, 2.45) is 5.92 Å². The Morgan fingerprint density at radius 1 is 1.44 bits per heavy atom. The van der Waals surface area contributed by atoms with Crippen LogP contribution in [-0.4, -0.2) is 21.0 Å². The van der Waals surface area contributed by atoms with Gasteiger partial charge in [-0.15, -0.1) is 0 Å². The van der Waals surface area contributed by atoms with Crippen molar-refractivity contribution in [3.8, 4) is 0 Å². The molecule has 102 valence electrons. The highest BCUT2D eigenvalue weighted by atomic mass is 32.2. The Morgan fingerprint density at radius 3 is 2.78 bits per heavy atom. The van der Waals surface area contributed by atoms with Gasteiger partial charge in [-0.1, -0.05) is 13.8 Å². The van der Waals surface area contributed by atoms with Crippen LogP contribution in [0.5, 0.6) is 0 Å². The zero-order chi connectivity index (χ0) is 13.2. The summed E-state index contributed by atoms with van der Waals surface area (Å²) < 4.78 is 31.9. The quantitative estimate of drug-likeness (QED) is 0.737. The van der Waals surface area contributed by atoms with Crippen LogP contribution in [0.4, 0.5) is 0 Å². The van der Waals surface area contributed by atoms with Gasteiger partial charge in [0.05, 0.1) is 6.54 Å². The molecule has 1 saturated carbocycles. The van der Waals surface area contributed by atoms with Crippen LogP contribution in [0.15, 0.2) is 21.6 Å². The summed E-state index contributed by atoms with van der Waals surface area (Å²) in [6, 6.07) is 3.29. The number of sulfonamides is 1. The third-order valence-corrected chi connectivity index (χ3v) is 4.41. The van der Waals surface area contributed by atoms with Crippen molar-refractivity contribution in [3.05, 3.63) is 17.9 Å². The molecule has 0 aliphatic heterocycles. The van der Waals surface area contributed by atoms with Crippen LogP contribution in [0.3, 0.4) is 0 Å². The molecular weight excluding hydrogens is 252 g/mol. The van der Waals surface area contributed by atoms with E-state index in [0.717, 1.165) is 19.4 Å². The molecule has 0 spiro atoms. The molecule has 18 heavy (non-hydrogen) atoms. The molecule has 5 nitrogen and oxygen atoms in total. The molecule has 2 unspecified atom stereocenters. The highest BCUT2D eigenvalue weighted by molar-refractivity contribution is 7.89. The maximum atomic E-state index is 11.9. The van der Waals surface area contributed by atoms with Gasteiger partial charge in [-0.2, -0.15) is 0 Å². The second-order valence-corrected chi connectivity index (χ2v) is 6.48. The SMILES string of the molecule is CCCNCc1ccc(S(=O)(=O)NC2CC2C)o1. The normalized spacial score (nSPS) is 23.2. The van der Waals surface area contributed by atoms with E-state index in [9.17, 15) is 8.42 Å². The van der Waals surface area contributed by atoms with Crippen LogP contribution in [0.1, 0.15) is 32.4 Å². The molecule has 0 saturated heterocycles. The van der Waals surface area contributed by atoms with E-state index in [1.54, 1.807) is 6.07 Å².